The summed E-state index contributed by atoms with van der Waals surface area (Å²) in [5.74, 6) is 3.53. The SMILES string of the molecule is CCCNC(=NCc1cc(OC)c(OC)c(OC)c1)NCCc1ccco1.I. The number of guanidine groups is 1. The van der Waals surface area contributed by atoms with E-state index in [0.29, 0.717) is 23.8 Å². The molecule has 1 heterocycles. The summed E-state index contributed by atoms with van der Waals surface area (Å²) in [5.41, 5.74) is 0.966. The van der Waals surface area contributed by atoms with E-state index in [0.717, 1.165) is 43.2 Å². The number of aliphatic imine (C=N–C) groups is 1. The fourth-order valence-corrected chi connectivity index (χ4v) is 2.57. The number of rotatable bonds is 10. The van der Waals surface area contributed by atoms with E-state index in [-0.39, 0.29) is 24.0 Å². The van der Waals surface area contributed by atoms with Gasteiger partial charge in [0.25, 0.3) is 0 Å². The lowest BCUT2D eigenvalue weighted by atomic mass is 10.2. The Labute approximate surface area is 183 Å². The highest BCUT2D eigenvalue weighted by Gasteiger charge is 2.13. The van der Waals surface area contributed by atoms with E-state index in [2.05, 4.69) is 22.5 Å². The highest BCUT2D eigenvalue weighted by atomic mass is 127. The molecule has 0 amide bonds. The number of benzene rings is 1. The van der Waals surface area contributed by atoms with Crippen LogP contribution < -0.4 is 24.8 Å². The van der Waals surface area contributed by atoms with Crippen LogP contribution in [0.25, 0.3) is 0 Å². The van der Waals surface area contributed by atoms with E-state index < -0.39 is 0 Å². The van der Waals surface area contributed by atoms with Crippen LogP contribution in [0.4, 0.5) is 0 Å². The number of methoxy groups -OCH3 is 3. The van der Waals surface area contributed by atoms with Gasteiger partial charge in [-0.15, -0.1) is 24.0 Å². The van der Waals surface area contributed by atoms with Crippen molar-refractivity contribution in [2.45, 2.75) is 26.3 Å². The average Bonchev–Trinajstić information content (AvgIpc) is 3.22. The average molecular weight is 503 g/mol. The summed E-state index contributed by atoms with van der Waals surface area (Å²) in [5, 5.41) is 6.66. The van der Waals surface area contributed by atoms with Crippen molar-refractivity contribution in [2.75, 3.05) is 34.4 Å². The molecule has 0 aliphatic rings. The fourth-order valence-electron chi connectivity index (χ4n) is 2.57. The maximum Gasteiger partial charge on any atom is 0.203 e. The molecule has 0 atom stereocenters. The summed E-state index contributed by atoms with van der Waals surface area (Å²) in [6.07, 6.45) is 3.50. The van der Waals surface area contributed by atoms with Crippen molar-refractivity contribution in [1.82, 2.24) is 10.6 Å². The Kier molecular flexibility index (Phi) is 11.2. The predicted molar refractivity (Wildman–Crippen MR) is 121 cm³/mol. The molecule has 0 fully saturated rings. The van der Waals surface area contributed by atoms with Crippen LogP contribution in [0.2, 0.25) is 0 Å². The highest BCUT2D eigenvalue weighted by Crippen LogP contribution is 2.38. The standard InChI is InChI=1S/C20H29N3O4.HI/c1-5-9-21-20(22-10-8-16-7-6-11-27-16)23-14-15-12-17(24-2)19(26-4)18(13-15)25-3;/h6-7,11-13H,5,8-10,14H2,1-4H3,(H2,21,22,23);1H. The van der Waals surface area contributed by atoms with E-state index in [1.54, 1.807) is 27.6 Å². The molecule has 1 aromatic heterocycles. The Morgan fingerprint density at radius 1 is 1.04 bits per heavy atom. The first kappa shape index (κ1) is 23.9. The van der Waals surface area contributed by atoms with Crippen molar-refractivity contribution in [3.05, 3.63) is 41.9 Å². The predicted octanol–water partition coefficient (Wildman–Crippen LogP) is 3.61. The van der Waals surface area contributed by atoms with Gasteiger partial charge in [0.15, 0.2) is 17.5 Å². The summed E-state index contributed by atoms with van der Waals surface area (Å²) in [7, 11) is 4.80. The highest BCUT2D eigenvalue weighted by molar-refractivity contribution is 14.0. The van der Waals surface area contributed by atoms with Crippen molar-refractivity contribution in [1.29, 1.82) is 0 Å². The minimum absolute atomic E-state index is 0. The zero-order chi connectivity index (χ0) is 19.5. The minimum atomic E-state index is 0. The van der Waals surface area contributed by atoms with Gasteiger partial charge in [0.05, 0.1) is 34.1 Å². The van der Waals surface area contributed by atoms with Crippen LogP contribution >= 0.6 is 24.0 Å². The van der Waals surface area contributed by atoms with Gasteiger partial charge < -0.3 is 29.3 Å². The summed E-state index contributed by atoms with van der Waals surface area (Å²) in [6, 6.07) is 7.67. The van der Waals surface area contributed by atoms with Gasteiger partial charge in [0.2, 0.25) is 5.75 Å². The van der Waals surface area contributed by atoms with Crippen LogP contribution in [0.3, 0.4) is 0 Å². The Balaban J connectivity index is 0.00000392. The third-order valence-corrected chi connectivity index (χ3v) is 3.93. The third-order valence-electron chi connectivity index (χ3n) is 3.93. The van der Waals surface area contributed by atoms with Crippen molar-refractivity contribution in [2.24, 2.45) is 4.99 Å². The van der Waals surface area contributed by atoms with Gasteiger partial charge >= 0.3 is 0 Å². The zero-order valence-corrected chi connectivity index (χ0v) is 19.2. The normalized spacial score (nSPS) is 10.8. The molecule has 0 radical (unpaired) electrons. The number of nitrogens with one attached hydrogen (secondary N) is 2. The second kappa shape index (κ2) is 13.1. The smallest absolute Gasteiger partial charge is 0.203 e. The van der Waals surface area contributed by atoms with Gasteiger partial charge in [0.1, 0.15) is 5.76 Å². The van der Waals surface area contributed by atoms with Gasteiger partial charge in [-0.2, -0.15) is 0 Å². The molecule has 0 aliphatic carbocycles. The Morgan fingerprint density at radius 3 is 2.25 bits per heavy atom. The second-order valence-electron chi connectivity index (χ2n) is 5.88. The van der Waals surface area contributed by atoms with E-state index in [4.69, 9.17) is 18.6 Å². The van der Waals surface area contributed by atoms with Crippen molar-refractivity contribution in [3.8, 4) is 17.2 Å². The molecule has 2 rings (SSSR count). The van der Waals surface area contributed by atoms with Crippen LogP contribution in [0.15, 0.2) is 39.9 Å². The van der Waals surface area contributed by atoms with E-state index in [1.165, 1.54) is 0 Å². The zero-order valence-electron chi connectivity index (χ0n) is 16.9. The monoisotopic (exact) mass is 503 g/mol. The maximum atomic E-state index is 5.40. The van der Waals surface area contributed by atoms with Crippen LogP contribution in [0.1, 0.15) is 24.7 Å². The first-order valence-electron chi connectivity index (χ1n) is 9.05. The molecule has 7 nitrogen and oxygen atoms in total. The van der Waals surface area contributed by atoms with Gasteiger partial charge in [-0.05, 0) is 36.2 Å². The number of halogens is 1. The van der Waals surface area contributed by atoms with E-state index in [9.17, 15) is 0 Å². The number of furan rings is 1. The van der Waals surface area contributed by atoms with Crippen molar-refractivity contribution in [3.63, 3.8) is 0 Å². The van der Waals surface area contributed by atoms with Gasteiger partial charge in [-0.1, -0.05) is 6.92 Å². The van der Waals surface area contributed by atoms with Crippen LogP contribution in [0.5, 0.6) is 17.2 Å². The van der Waals surface area contributed by atoms with Crippen molar-refractivity contribution >= 4 is 29.9 Å². The van der Waals surface area contributed by atoms with Gasteiger partial charge in [-0.3, -0.25) is 0 Å². The first-order chi connectivity index (χ1) is 13.2. The topological polar surface area (TPSA) is 77.3 Å². The molecule has 1 aromatic carbocycles. The Bertz CT molecular complexity index is 695. The number of hydrogen-bond acceptors (Lipinski definition) is 5. The molecule has 28 heavy (non-hydrogen) atoms. The summed E-state index contributed by atoms with van der Waals surface area (Å²) < 4.78 is 21.5. The third kappa shape index (κ3) is 7.14. The van der Waals surface area contributed by atoms with Crippen LogP contribution in [-0.4, -0.2) is 40.4 Å². The van der Waals surface area contributed by atoms with E-state index in [1.807, 2.05) is 24.3 Å². The lowest BCUT2D eigenvalue weighted by Gasteiger charge is -2.14. The molecule has 0 aliphatic heterocycles. The molecule has 8 heteroatoms. The van der Waals surface area contributed by atoms with Crippen LogP contribution in [-0.2, 0) is 13.0 Å². The fraction of sp³-hybridized carbons (Fsp3) is 0.450. The second-order valence-corrected chi connectivity index (χ2v) is 5.88. The lowest BCUT2D eigenvalue weighted by molar-refractivity contribution is 0.324. The molecule has 0 saturated heterocycles. The molecule has 0 bridgehead atoms. The Morgan fingerprint density at radius 2 is 1.71 bits per heavy atom. The van der Waals surface area contributed by atoms with E-state index >= 15 is 0 Å². The quantitative estimate of drug-likeness (QED) is 0.293. The van der Waals surface area contributed by atoms with Gasteiger partial charge in [0, 0.05) is 19.5 Å². The molecular weight excluding hydrogens is 473 g/mol. The summed E-state index contributed by atoms with van der Waals surface area (Å²) in [6.45, 7) is 4.18. The molecule has 156 valence electrons. The summed E-state index contributed by atoms with van der Waals surface area (Å²) >= 11 is 0. The number of nitrogens with zero attached hydrogens (tertiary/aromatic N) is 1. The number of ether oxygens (including phenoxy) is 3. The molecule has 0 unspecified atom stereocenters. The van der Waals surface area contributed by atoms with Gasteiger partial charge in [-0.25, -0.2) is 4.99 Å². The molecule has 2 aromatic rings. The maximum absolute atomic E-state index is 5.40. The molecule has 2 N–H and O–H groups in total. The minimum Gasteiger partial charge on any atom is -0.493 e. The van der Waals surface area contributed by atoms with Crippen molar-refractivity contribution < 1.29 is 18.6 Å². The number of hydrogen-bond donors (Lipinski definition) is 2. The Hall–Kier alpha value is -2.10. The molecule has 0 saturated carbocycles. The summed E-state index contributed by atoms with van der Waals surface area (Å²) in [4.78, 5) is 4.67. The molecular formula is C20H30IN3O4. The lowest BCUT2D eigenvalue weighted by Crippen LogP contribution is -2.38. The first-order valence-corrected chi connectivity index (χ1v) is 9.05. The van der Waals surface area contributed by atoms with Crippen LogP contribution in [0, 0.1) is 0 Å². The molecule has 0 spiro atoms. The largest absolute Gasteiger partial charge is 0.493 e.